The summed E-state index contributed by atoms with van der Waals surface area (Å²) < 4.78 is 5.40. The monoisotopic (exact) mass is 375 g/mol. The first-order valence-corrected chi connectivity index (χ1v) is 9.65. The van der Waals surface area contributed by atoms with Crippen molar-refractivity contribution >= 4 is 5.95 Å². The third-order valence-corrected chi connectivity index (χ3v) is 5.24. The van der Waals surface area contributed by atoms with Gasteiger partial charge in [-0.05, 0) is 49.2 Å². The van der Waals surface area contributed by atoms with E-state index in [9.17, 15) is 0 Å². The van der Waals surface area contributed by atoms with Crippen molar-refractivity contribution < 1.29 is 4.74 Å². The number of methoxy groups -OCH3 is 1. The summed E-state index contributed by atoms with van der Waals surface area (Å²) in [4.78, 5) is 15.9. The van der Waals surface area contributed by atoms with Crippen LogP contribution in [0.15, 0.2) is 54.9 Å². The number of piperidine rings is 1. The molecule has 1 atom stereocenters. The van der Waals surface area contributed by atoms with E-state index in [0.717, 1.165) is 47.8 Å². The van der Waals surface area contributed by atoms with Gasteiger partial charge in [-0.1, -0.05) is 24.6 Å². The number of hydrogen-bond acceptors (Lipinski definition) is 6. The van der Waals surface area contributed by atoms with Crippen LogP contribution in [0.25, 0.3) is 11.1 Å². The average molecular weight is 375 g/mol. The Morgan fingerprint density at radius 1 is 1.14 bits per heavy atom. The number of hydrogen-bond donors (Lipinski definition) is 1. The van der Waals surface area contributed by atoms with Crippen LogP contribution >= 0.6 is 0 Å². The molecule has 1 aliphatic heterocycles. The summed E-state index contributed by atoms with van der Waals surface area (Å²) in [5.74, 6) is 1.12. The Kier molecular flexibility index (Phi) is 5.48. The van der Waals surface area contributed by atoms with Crippen molar-refractivity contribution in [1.82, 2.24) is 19.9 Å². The molecule has 3 heterocycles. The molecule has 6 nitrogen and oxygen atoms in total. The number of likely N-dealkylation sites (tertiary alicyclic amines) is 1. The average Bonchev–Trinajstić information content (AvgIpc) is 2.75. The van der Waals surface area contributed by atoms with E-state index in [4.69, 9.17) is 10.5 Å². The van der Waals surface area contributed by atoms with Crippen molar-refractivity contribution in [2.45, 2.75) is 31.8 Å². The molecule has 0 radical (unpaired) electrons. The molecule has 1 unspecified atom stereocenters. The van der Waals surface area contributed by atoms with Gasteiger partial charge in [-0.15, -0.1) is 0 Å². The molecule has 1 saturated heterocycles. The van der Waals surface area contributed by atoms with E-state index in [-0.39, 0.29) is 6.04 Å². The van der Waals surface area contributed by atoms with Crippen LogP contribution < -0.4 is 10.5 Å². The second-order valence-electron chi connectivity index (χ2n) is 7.06. The minimum absolute atomic E-state index is 0.183. The Hall–Kier alpha value is -2.99. The molecule has 0 bridgehead atoms. The molecule has 3 aromatic rings. The maximum Gasteiger partial charge on any atom is 0.220 e. The highest BCUT2D eigenvalue weighted by Crippen LogP contribution is 2.37. The molecule has 1 aliphatic rings. The van der Waals surface area contributed by atoms with Gasteiger partial charge in [0, 0.05) is 24.5 Å². The highest BCUT2D eigenvalue weighted by molar-refractivity contribution is 5.67. The first-order chi connectivity index (χ1) is 13.7. The fourth-order valence-corrected chi connectivity index (χ4v) is 3.87. The highest BCUT2D eigenvalue weighted by Gasteiger charge is 2.28. The molecule has 2 N–H and O–H groups in total. The standard InChI is InChI=1S/C22H25N5O/c1-28-18-9-6-7-16(13-18)19-14-25-22(23)26-21(19)20-10-3-5-12-27(20)15-17-8-2-4-11-24-17/h2,4,6-9,11,13-14,20H,3,5,10,12,15H2,1H3,(H2,23,25,26). The van der Waals surface area contributed by atoms with E-state index in [1.54, 1.807) is 7.11 Å². The molecule has 144 valence electrons. The smallest absolute Gasteiger partial charge is 0.220 e. The van der Waals surface area contributed by atoms with E-state index in [0.29, 0.717) is 5.95 Å². The second kappa shape index (κ2) is 8.35. The first kappa shape index (κ1) is 18.4. The van der Waals surface area contributed by atoms with Crippen LogP contribution in [0.3, 0.4) is 0 Å². The molecular formula is C22H25N5O. The van der Waals surface area contributed by atoms with Gasteiger partial charge in [-0.25, -0.2) is 9.97 Å². The minimum Gasteiger partial charge on any atom is -0.497 e. The molecule has 4 rings (SSSR count). The molecule has 6 heteroatoms. The Labute approximate surface area is 165 Å². The summed E-state index contributed by atoms with van der Waals surface area (Å²) in [6, 6.07) is 14.2. The molecule has 2 aromatic heterocycles. The molecule has 28 heavy (non-hydrogen) atoms. The Balaban J connectivity index is 1.72. The maximum absolute atomic E-state index is 5.99. The van der Waals surface area contributed by atoms with Crippen LogP contribution in [0.4, 0.5) is 5.95 Å². The maximum atomic E-state index is 5.99. The van der Waals surface area contributed by atoms with Gasteiger partial charge in [-0.3, -0.25) is 9.88 Å². The van der Waals surface area contributed by atoms with E-state index in [2.05, 4.69) is 32.0 Å². The normalized spacial score (nSPS) is 17.4. The minimum atomic E-state index is 0.183. The Bertz CT molecular complexity index is 931. The van der Waals surface area contributed by atoms with E-state index >= 15 is 0 Å². The zero-order chi connectivity index (χ0) is 19.3. The zero-order valence-electron chi connectivity index (χ0n) is 16.1. The van der Waals surface area contributed by atoms with Crippen molar-refractivity contribution in [3.05, 3.63) is 66.2 Å². The summed E-state index contributed by atoms with van der Waals surface area (Å²) in [5, 5.41) is 0. The van der Waals surface area contributed by atoms with Crippen LogP contribution in [0, 0.1) is 0 Å². The van der Waals surface area contributed by atoms with Gasteiger partial charge in [0.2, 0.25) is 5.95 Å². The molecule has 1 aromatic carbocycles. The fraction of sp³-hybridized carbons (Fsp3) is 0.318. The molecular weight excluding hydrogens is 350 g/mol. The van der Waals surface area contributed by atoms with Crippen LogP contribution in [-0.4, -0.2) is 33.5 Å². The number of rotatable bonds is 5. The molecule has 0 amide bonds. The van der Waals surface area contributed by atoms with Gasteiger partial charge in [0.1, 0.15) is 5.75 Å². The van der Waals surface area contributed by atoms with Gasteiger partial charge in [0.25, 0.3) is 0 Å². The topological polar surface area (TPSA) is 77.2 Å². The van der Waals surface area contributed by atoms with Gasteiger partial charge in [0.15, 0.2) is 0 Å². The van der Waals surface area contributed by atoms with Gasteiger partial charge < -0.3 is 10.5 Å². The Morgan fingerprint density at radius 2 is 2.07 bits per heavy atom. The number of pyridine rings is 1. The summed E-state index contributed by atoms with van der Waals surface area (Å²) in [6.45, 7) is 1.82. The molecule has 0 aliphatic carbocycles. The van der Waals surface area contributed by atoms with E-state index < -0.39 is 0 Å². The number of anilines is 1. The second-order valence-corrected chi connectivity index (χ2v) is 7.06. The lowest BCUT2D eigenvalue weighted by molar-refractivity contribution is 0.136. The number of benzene rings is 1. The van der Waals surface area contributed by atoms with Crippen molar-refractivity contribution in [2.24, 2.45) is 0 Å². The van der Waals surface area contributed by atoms with Crippen molar-refractivity contribution in [2.75, 3.05) is 19.4 Å². The third-order valence-electron chi connectivity index (χ3n) is 5.24. The lowest BCUT2D eigenvalue weighted by atomic mass is 9.93. The summed E-state index contributed by atoms with van der Waals surface area (Å²) >= 11 is 0. The van der Waals surface area contributed by atoms with Gasteiger partial charge in [-0.2, -0.15) is 0 Å². The number of ether oxygens (including phenoxy) is 1. The van der Waals surface area contributed by atoms with E-state index in [1.807, 2.05) is 42.7 Å². The molecule has 0 spiro atoms. The zero-order valence-corrected chi connectivity index (χ0v) is 16.1. The van der Waals surface area contributed by atoms with Crippen LogP contribution in [0.1, 0.15) is 36.7 Å². The first-order valence-electron chi connectivity index (χ1n) is 9.65. The van der Waals surface area contributed by atoms with Crippen molar-refractivity contribution in [3.8, 4) is 16.9 Å². The SMILES string of the molecule is COc1cccc(-c2cnc(N)nc2C2CCCCN2Cc2ccccn2)c1. The van der Waals surface area contributed by atoms with Crippen molar-refractivity contribution in [1.29, 1.82) is 0 Å². The lowest BCUT2D eigenvalue weighted by Crippen LogP contribution is -2.34. The van der Waals surface area contributed by atoms with Crippen LogP contribution in [-0.2, 0) is 6.54 Å². The van der Waals surface area contributed by atoms with Gasteiger partial charge in [0.05, 0.1) is 24.5 Å². The summed E-state index contributed by atoms with van der Waals surface area (Å²) in [5.41, 5.74) is 10.1. The predicted octanol–water partition coefficient (Wildman–Crippen LogP) is 3.86. The largest absolute Gasteiger partial charge is 0.497 e. The fourth-order valence-electron chi connectivity index (χ4n) is 3.87. The quantitative estimate of drug-likeness (QED) is 0.730. The van der Waals surface area contributed by atoms with E-state index in [1.165, 1.54) is 12.8 Å². The lowest BCUT2D eigenvalue weighted by Gasteiger charge is -2.36. The van der Waals surface area contributed by atoms with Crippen molar-refractivity contribution in [3.63, 3.8) is 0 Å². The van der Waals surface area contributed by atoms with Gasteiger partial charge >= 0.3 is 0 Å². The number of nitrogens with zero attached hydrogens (tertiary/aromatic N) is 4. The third kappa shape index (κ3) is 3.97. The summed E-state index contributed by atoms with van der Waals surface area (Å²) in [7, 11) is 1.68. The van der Waals surface area contributed by atoms with Crippen LogP contribution in [0.5, 0.6) is 5.75 Å². The Morgan fingerprint density at radius 3 is 2.89 bits per heavy atom. The summed E-state index contributed by atoms with van der Waals surface area (Å²) in [6.07, 6.45) is 7.07. The predicted molar refractivity (Wildman–Crippen MR) is 110 cm³/mol. The number of aromatic nitrogens is 3. The number of nitrogens with two attached hydrogens (primary N) is 1. The highest BCUT2D eigenvalue weighted by atomic mass is 16.5. The molecule has 1 fully saturated rings. The van der Waals surface area contributed by atoms with Crippen LogP contribution in [0.2, 0.25) is 0 Å². The number of nitrogen functional groups attached to an aromatic ring is 1. The molecule has 0 saturated carbocycles.